The maximum atomic E-state index is 14.6. The van der Waals surface area contributed by atoms with E-state index in [0.717, 1.165) is 43.6 Å². The van der Waals surface area contributed by atoms with Crippen molar-refractivity contribution < 1.29 is 22.3 Å². The summed E-state index contributed by atoms with van der Waals surface area (Å²) < 4.78 is 46.2. The van der Waals surface area contributed by atoms with E-state index in [1.54, 1.807) is 6.07 Å². The first-order valence-corrected chi connectivity index (χ1v) is 14.1. The number of carbonyl (C=O) groups is 1. The van der Waals surface area contributed by atoms with E-state index in [9.17, 15) is 17.6 Å². The zero-order valence-corrected chi connectivity index (χ0v) is 22.2. The average Bonchev–Trinajstić information content (AvgIpc) is 3.64. The highest BCUT2D eigenvalue weighted by Gasteiger charge is 2.37. The fourth-order valence-electron chi connectivity index (χ4n) is 4.20. The first kappa shape index (κ1) is 26.5. The highest BCUT2D eigenvalue weighted by Crippen LogP contribution is 2.33. The number of amides is 1. The number of hydrogen-bond donors (Lipinski definition) is 1. The average molecular weight is 564 g/mol. The minimum atomic E-state index is -3.79. The normalized spacial score (nSPS) is 18.3. The number of carbonyl (C=O) groups excluding carboxylic acids is 1. The van der Waals surface area contributed by atoms with Gasteiger partial charge in [0, 0.05) is 22.2 Å². The Bertz CT molecular complexity index is 1200. The van der Waals surface area contributed by atoms with E-state index >= 15 is 0 Å². The van der Waals surface area contributed by atoms with Gasteiger partial charge in [-0.25, -0.2) is 17.5 Å². The maximum absolute atomic E-state index is 14.6. The van der Waals surface area contributed by atoms with Crippen LogP contribution in [0.1, 0.15) is 54.6 Å². The van der Waals surface area contributed by atoms with Gasteiger partial charge in [0.1, 0.15) is 11.6 Å². The van der Waals surface area contributed by atoms with E-state index in [0.29, 0.717) is 29.5 Å². The molecular formula is C24H26Cl3FN2O4S. The molecule has 1 heterocycles. The van der Waals surface area contributed by atoms with Crippen molar-refractivity contribution >= 4 is 50.7 Å². The van der Waals surface area contributed by atoms with Gasteiger partial charge in [0.15, 0.2) is 0 Å². The summed E-state index contributed by atoms with van der Waals surface area (Å²) in [7, 11) is -3.79. The Labute approximate surface area is 219 Å². The van der Waals surface area contributed by atoms with Crippen molar-refractivity contribution in [3.63, 3.8) is 0 Å². The summed E-state index contributed by atoms with van der Waals surface area (Å²) in [6.45, 7) is 4.19. The van der Waals surface area contributed by atoms with Crippen molar-refractivity contribution in [1.29, 1.82) is 0 Å². The second-order valence-electron chi connectivity index (χ2n) is 9.11. The molecule has 190 valence electrons. The van der Waals surface area contributed by atoms with Gasteiger partial charge in [-0.05, 0) is 81.4 Å². The van der Waals surface area contributed by atoms with Crippen LogP contribution in [-0.2, 0) is 10.0 Å². The Morgan fingerprint density at radius 2 is 1.71 bits per heavy atom. The maximum Gasteiger partial charge on any atom is 0.267 e. The van der Waals surface area contributed by atoms with E-state index in [2.05, 4.69) is 11.8 Å². The number of rotatable bonds is 8. The smallest absolute Gasteiger partial charge is 0.267 e. The second kappa shape index (κ2) is 10.8. The number of likely N-dealkylation sites (tertiary alicyclic amines) is 1. The number of piperidine rings is 1. The van der Waals surface area contributed by atoms with Crippen LogP contribution in [0.25, 0.3) is 0 Å². The second-order valence-corrected chi connectivity index (χ2v) is 12.3. The molecule has 1 aliphatic carbocycles. The van der Waals surface area contributed by atoms with E-state index in [1.807, 2.05) is 16.9 Å². The van der Waals surface area contributed by atoms with Crippen LogP contribution < -0.4 is 9.46 Å². The van der Waals surface area contributed by atoms with Gasteiger partial charge < -0.3 is 4.74 Å². The molecule has 1 amide bonds. The minimum absolute atomic E-state index is 0.0456. The van der Waals surface area contributed by atoms with Gasteiger partial charge >= 0.3 is 0 Å². The summed E-state index contributed by atoms with van der Waals surface area (Å²) in [5, 5.41) is 0.675. The highest BCUT2D eigenvalue weighted by atomic mass is 35.5. The van der Waals surface area contributed by atoms with E-state index in [-0.39, 0.29) is 22.7 Å². The molecule has 1 atom stereocenters. The van der Waals surface area contributed by atoms with Crippen molar-refractivity contribution in [2.75, 3.05) is 19.7 Å². The van der Waals surface area contributed by atoms with Crippen molar-refractivity contribution in [2.24, 2.45) is 5.92 Å². The lowest BCUT2D eigenvalue weighted by Crippen LogP contribution is -2.37. The first-order chi connectivity index (χ1) is 16.5. The Kier molecular flexibility index (Phi) is 8.18. The summed E-state index contributed by atoms with van der Waals surface area (Å²) >= 11 is 18.5. The van der Waals surface area contributed by atoms with E-state index in [4.69, 9.17) is 39.5 Å². The molecule has 0 radical (unpaired) electrons. The Morgan fingerprint density at radius 3 is 2.31 bits per heavy atom. The lowest BCUT2D eigenvalue weighted by molar-refractivity contribution is 0.0977. The van der Waals surface area contributed by atoms with Crippen molar-refractivity contribution in [2.45, 2.75) is 43.9 Å². The quantitative estimate of drug-likeness (QED) is 0.435. The molecule has 11 heteroatoms. The zero-order valence-electron chi connectivity index (χ0n) is 19.1. The molecule has 35 heavy (non-hydrogen) atoms. The molecule has 0 spiro atoms. The van der Waals surface area contributed by atoms with Crippen LogP contribution in [0.2, 0.25) is 15.1 Å². The zero-order chi connectivity index (χ0) is 25.3. The minimum Gasteiger partial charge on any atom is -0.492 e. The molecule has 2 aromatic carbocycles. The summed E-state index contributed by atoms with van der Waals surface area (Å²) in [4.78, 5) is 14.6. The molecule has 0 aromatic heterocycles. The van der Waals surface area contributed by atoms with Crippen LogP contribution in [0.4, 0.5) is 4.39 Å². The fourth-order valence-corrected chi connectivity index (χ4v) is 6.25. The van der Waals surface area contributed by atoms with E-state index < -0.39 is 32.6 Å². The van der Waals surface area contributed by atoms with Crippen LogP contribution in [0.3, 0.4) is 0 Å². The van der Waals surface area contributed by atoms with Gasteiger partial charge in [0.2, 0.25) is 10.0 Å². The molecule has 0 unspecified atom stereocenters. The SMILES string of the molecule is C[C@H](c1cc(Cl)cc(Cl)c1)N1CCC(COc2cc(F)c(C(=O)NS(=O)(=O)C3CC3)cc2Cl)CC1. The third kappa shape index (κ3) is 6.60. The van der Waals surface area contributed by atoms with Crippen LogP contribution >= 0.6 is 34.8 Å². The van der Waals surface area contributed by atoms with Gasteiger partial charge in [0.05, 0.1) is 22.4 Å². The predicted octanol–water partition coefficient (Wildman–Crippen LogP) is 5.86. The summed E-state index contributed by atoms with van der Waals surface area (Å²) in [6, 6.07) is 7.86. The van der Waals surface area contributed by atoms with Crippen LogP contribution in [-0.4, -0.2) is 44.2 Å². The Morgan fingerprint density at radius 1 is 1.09 bits per heavy atom. The molecule has 6 nitrogen and oxygen atoms in total. The number of halogens is 4. The largest absolute Gasteiger partial charge is 0.492 e. The Hall–Kier alpha value is -1.58. The summed E-state index contributed by atoms with van der Waals surface area (Å²) in [6.07, 6.45) is 2.76. The van der Waals surface area contributed by atoms with E-state index in [1.165, 1.54) is 0 Å². The molecule has 2 aliphatic rings. The third-order valence-electron chi connectivity index (χ3n) is 6.50. The Balaban J connectivity index is 1.31. The molecule has 1 N–H and O–H groups in total. The highest BCUT2D eigenvalue weighted by molar-refractivity contribution is 7.91. The van der Waals surface area contributed by atoms with Gasteiger partial charge in [0.25, 0.3) is 5.91 Å². The van der Waals surface area contributed by atoms with Gasteiger partial charge in [-0.3, -0.25) is 9.69 Å². The predicted molar refractivity (Wildman–Crippen MR) is 135 cm³/mol. The standard InChI is InChI=1S/C24H26Cl3FN2O4S/c1-14(16-8-17(25)10-18(26)9-16)30-6-4-15(5-7-30)13-34-23-12-22(28)20(11-21(23)27)24(31)29-35(32,33)19-2-3-19/h8-12,14-15,19H,2-7,13H2,1H3,(H,29,31)/t14-/m1/s1. The van der Waals surface area contributed by atoms with Gasteiger partial charge in [-0.1, -0.05) is 34.8 Å². The van der Waals surface area contributed by atoms with Crippen molar-refractivity contribution in [1.82, 2.24) is 9.62 Å². The molecule has 2 fully saturated rings. The molecule has 2 aromatic rings. The van der Waals surface area contributed by atoms with Crippen molar-refractivity contribution in [3.8, 4) is 5.75 Å². The third-order valence-corrected chi connectivity index (χ3v) is 9.05. The van der Waals surface area contributed by atoms with Crippen LogP contribution in [0.15, 0.2) is 30.3 Å². The molecule has 1 saturated carbocycles. The first-order valence-electron chi connectivity index (χ1n) is 11.4. The number of ether oxygens (including phenoxy) is 1. The summed E-state index contributed by atoms with van der Waals surface area (Å²) in [5.41, 5.74) is 0.628. The summed E-state index contributed by atoms with van der Waals surface area (Å²) in [5.74, 6) is -1.55. The van der Waals surface area contributed by atoms with Crippen LogP contribution in [0, 0.1) is 11.7 Å². The number of benzene rings is 2. The lowest BCUT2D eigenvalue weighted by atomic mass is 9.95. The molecular weight excluding hydrogens is 538 g/mol. The molecule has 0 bridgehead atoms. The van der Waals surface area contributed by atoms with Crippen LogP contribution in [0.5, 0.6) is 5.75 Å². The van der Waals surface area contributed by atoms with Gasteiger partial charge in [-0.15, -0.1) is 0 Å². The molecule has 4 rings (SSSR count). The fraction of sp³-hybridized carbons (Fsp3) is 0.458. The number of hydrogen-bond acceptors (Lipinski definition) is 5. The number of nitrogens with one attached hydrogen (secondary N) is 1. The molecule has 1 saturated heterocycles. The topological polar surface area (TPSA) is 75.7 Å². The van der Waals surface area contributed by atoms with Crippen molar-refractivity contribution in [3.05, 3.63) is 62.3 Å². The monoisotopic (exact) mass is 562 g/mol. The number of sulfonamides is 1. The van der Waals surface area contributed by atoms with Gasteiger partial charge in [-0.2, -0.15) is 0 Å². The molecule has 1 aliphatic heterocycles. The lowest BCUT2D eigenvalue weighted by Gasteiger charge is -2.36. The number of nitrogens with zero attached hydrogens (tertiary/aromatic N) is 1.